The third kappa shape index (κ3) is 5.85. The van der Waals surface area contributed by atoms with E-state index in [9.17, 15) is 18.0 Å². The number of rotatable bonds is 5. The Labute approximate surface area is 207 Å². The predicted octanol–water partition coefficient (Wildman–Crippen LogP) is 7.81. The number of benzene rings is 3. The summed E-state index contributed by atoms with van der Waals surface area (Å²) < 4.78 is 39.3. The topological polar surface area (TPSA) is 32.7 Å². The van der Waals surface area contributed by atoms with Crippen molar-refractivity contribution in [3.8, 4) is 0 Å². The van der Waals surface area contributed by atoms with E-state index in [1.165, 1.54) is 28.3 Å². The van der Waals surface area contributed by atoms with Crippen LogP contribution >= 0.6 is 11.8 Å². The standard InChI is InChI=1S/C28H25F3N2OS/c1-18(2)22-11-9-20(10-12-22)16-25-26(34)33(24-13-7-19(3)8-14-24)27(32-25)35-17-21-5-4-6-23(15-21)28(29,30)31/h4-16,18H,17H2,1-3H3. The number of alkyl halides is 3. The number of halogens is 3. The Morgan fingerprint density at radius 1 is 1.00 bits per heavy atom. The largest absolute Gasteiger partial charge is 0.416 e. The fourth-order valence-electron chi connectivity index (χ4n) is 3.63. The summed E-state index contributed by atoms with van der Waals surface area (Å²) in [6, 6.07) is 20.7. The number of thioether (sulfide) groups is 1. The maximum Gasteiger partial charge on any atom is 0.416 e. The molecule has 1 aliphatic rings. The van der Waals surface area contributed by atoms with E-state index < -0.39 is 11.7 Å². The molecule has 0 fully saturated rings. The molecule has 180 valence electrons. The van der Waals surface area contributed by atoms with Gasteiger partial charge in [-0.1, -0.05) is 85.8 Å². The number of amidine groups is 1. The zero-order chi connectivity index (χ0) is 25.2. The maximum absolute atomic E-state index is 13.4. The summed E-state index contributed by atoms with van der Waals surface area (Å²) in [6.07, 6.45) is -2.66. The average molecular weight is 495 g/mol. The second kappa shape index (κ2) is 10.1. The second-order valence-electron chi connectivity index (χ2n) is 8.71. The first-order valence-electron chi connectivity index (χ1n) is 11.2. The molecule has 0 unspecified atom stereocenters. The van der Waals surface area contributed by atoms with Crippen LogP contribution in [0.2, 0.25) is 0 Å². The Bertz CT molecular complexity index is 1280. The van der Waals surface area contributed by atoms with Gasteiger partial charge in [0.25, 0.3) is 5.91 Å². The van der Waals surface area contributed by atoms with Crippen LogP contribution in [0.1, 0.15) is 47.6 Å². The summed E-state index contributed by atoms with van der Waals surface area (Å²) in [4.78, 5) is 19.5. The summed E-state index contributed by atoms with van der Waals surface area (Å²) in [5.74, 6) is 0.376. The van der Waals surface area contributed by atoms with Crippen molar-refractivity contribution in [2.45, 2.75) is 38.6 Å². The van der Waals surface area contributed by atoms with Crippen molar-refractivity contribution >= 4 is 34.6 Å². The summed E-state index contributed by atoms with van der Waals surface area (Å²) >= 11 is 1.23. The lowest BCUT2D eigenvalue weighted by molar-refractivity contribution is -0.137. The molecule has 0 N–H and O–H groups in total. The van der Waals surface area contributed by atoms with Crippen molar-refractivity contribution in [3.63, 3.8) is 0 Å². The molecule has 0 aliphatic carbocycles. The molecule has 0 radical (unpaired) electrons. The van der Waals surface area contributed by atoms with Crippen LogP contribution in [0.15, 0.2) is 83.5 Å². The van der Waals surface area contributed by atoms with Crippen molar-refractivity contribution in [1.29, 1.82) is 0 Å². The fourth-order valence-corrected chi connectivity index (χ4v) is 4.59. The number of hydrogen-bond acceptors (Lipinski definition) is 3. The number of carbonyl (C=O) groups is 1. The minimum Gasteiger partial charge on any atom is -0.266 e. The summed E-state index contributed by atoms with van der Waals surface area (Å²) in [7, 11) is 0. The van der Waals surface area contributed by atoms with Crippen LogP contribution in [-0.2, 0) is 16.7 Å². The van der Waals surface area contributed by atoms with Gasteiger partial charge in [-0.25, -0.2) is 4.99 Å². The van der Waals surface area contributed by atoms with E-state index in [2.05, 4.69) is 18.8 Å². The molecule has 1 aliphatic heterocycles. The highest BCUT2D eigenvalue weighted by Crippen LogP contribution is 2.33. The number of aliphatic imine (C=N–C) groups is 1. The Balaban J connectivity index is 1.64. The number of nitrogens with zero attached hydrogens (tertiary/aromatic N) is 2. The summed E-state index contributed by atoms with van der Waals surface area (Å²) in [5, 5.41) is 0.432. The van der Waals surface area contributed by atoms with Crippen LogP contribution in [-0.4, -0.2) is 11.1 Å². The molecule has 1 heterocycles. The third-order valence-corrected chi connectivity index (χ3v) is 6.66. The van der Waals surface area contributed by atoms with Gasteiger partial charge in [-0.2, -0.15) is 13.2 Å². The maximum atomic E-state index is 13.4. The number of anilines is 1. The lowest BCUT2D eigenvalue weighted by atomic mass is 10.0. The van der Waals surface area contributed by atoms with E-state index in [0.717, 1.165) is 23.3 Å². The molecule has 0 saturated heterocycles. The van der Waals surface area contributed by atoms with Gasteiger partial charge in [0.1, 0.15) is 5.70 Å². The highest BCUT2D eigenvalue weighted by molar-refractivity contribution is 8.13. The molecular weight excluding hydrogens is 469 g/mol. The smallest absolute Gasteiger partial charge is 0.266 e. The first-order chi connectivity index (χ1) is 16.6. The van der Waals surface area contributed by atoms with Gasteiger partial charge >= 0.3 is 6.18 Å². The van der Waals surface area contributed by atoms with Crippen LogP contribution < -0.4 is 4.90 Å². The van der Waals surface area contributed by atoms with E-state index in [4.69, 9.17) is 0 Å². The molecule has 0 bridgehead atoms. The van der Waals surface area contributed by atoms with Crippen LogP contribution in [0.3, 0.4) is 0 Å². The molecule has 7 heteroatoms. The van der Waals surface area contributed by atoms with Crippen LogP contribution in [0.25, 0.3) is 6.08 Å². The van der Waals surface area contributed by atoms with Gasteiger partial charge in [0.2, 0.25) is 0 Å². The fraction of sp³-hybridized carbons (Fsp3) is 0.214. The lowest BCUT2D eigenvalue weighted by Crippen LogP contribution is -2.30. The highest BCUT2D eigenvalue weighted by atomic mass is 32.2. The Kier molecular flexibility index (Phi) is 7.17. The van der Waals surface area contributed by atoms with E-state index in [1.807, 2.05) is 55.5 Å². The third-order valence-electron chi connectivity index (χ3n) is 5.65. The van der Waals surface area contributed by atoms with Gasteiger partial charge < -0.3 is 0 Å². The monoisotopic (exact) mass is 494 g/mol. The van der Waals surface area contributed by atoms with E-state index in [1.54, 1.807) is 12.1 Å². The van der Waals surface area contributed by atoms with Crippen molar-refractivity contribution < 1.29 is 18.0 Å². The molecule has 1 amide bonds. The molecule has 3 aromatic carbocycles. The van der Waals surface area contributed by atoms with Crippen LogP contribution in [0.5, 0.6) is 0 Å². The van der Waals surface area contributed by atoms with Gasteiger partial charge in [0, 0.05) is 5.75 Å². The van der Waals surface area contributed by atoms with Gasteiger partial charge in [0.15, 0.2) is 5.17 Å². The average Bonchev–Trinajstić information content (AvgIpc) is 3.13. The molecule has 0 atom stereocenters. The number of hydrogen-bond donors (Lipinski definition) is 0. The highest BCUT2D eigenvalue weighted by Gasteiger charge is 2.33. The SMILES string of the molecule is Cc1ccc(N2C(=O)C(=Cc3ccc(C(C)C)cc3)N=C2SCc2cccc(C(F)(F)F)c2)cc1. The van der Waals surface area contributed by atoms with Crippen molar-refractivity contribution in [2.24, 2.45) is 4.99 Å². The van der Waals surface area contributed by atoms with Gasteiger partial charge in [0.05, 0.1) is 11.3 Å². The second-order valence-corrected chi connectivity index (χ2v) is 9.65. The molecule has 3 aromatic rings. The zero-order valence-electron chi connectivity index (χ0n) is 19.6. The van der Waals surface area contributed by atoms with Gasteiger partial charge in [-0.3, -0.25) is 9.69 Å². The van der Waals surface area contributed by atoms with E-state index in [-0.39, 0.29) is 17.4 Å². The molecular formula is C28H25F3N2OS. The normalized spacial score (nSPS) is 15.3. The Morgan fingerprint density at radius 3 is 2.31 bits per heavy atom. The van der Waals surface area contributed by atoms with Gasteiger partial charge in [-0.15, -0.1) is 0 Å². The lowest BCUT2D eigenvalue weighted by Gasteiger charge is -2.18. The zero-order valence-corrected chi connectivity index (χ0v) is 20.5. The first-order valence-corrected chi connectivity index (χ1v) is 12.2. The number of carbonyl (C=O) groups excluding carboxylic acids is 1. The van der Waals surface area contributed by atoms with Crippen LogP contribution in [0, 0.1) is 6.92 Å². The minimum absolute atomic E-state index is 0.245. The quantitative estimate of drug-likeness (QED) is 0.339. The molecule has 3 nitrogen and oxygen atoms in total. The number of amides is 1. The molecule has 0 aromatic heterocycles. The van der Waals surface area contributed by atoms with Crippen molar-refractivity contribution in [1.82, 2.24) is 0 Å². The molecule has 0 spiro atoms. The van der Waals surface area contributed by atoms with Crippen molar-refractivity contribution in [3.05, 3.63) is 106 Å². The van der Waals surface area contributed by atoms with Crippen molar-refractivity contribution in [2.75, 3.05) is 4.90 Å². The van der Waals surface area contributed by atoms with E-state index in [0.29, 0.717) is 22.3 Å². The Morgan fingerprint density at radius 2 is 1.69 bits per heavy atom. The molecule has 4 rings (SSSR count). The number of aryl methyl sites for hydroxylation is 1. The van der Waals surface area contributed by atoms with E-state index >= 15 is 0 Å². The predicted molar refractivity (Wildman–Crippen MR) is 137 cm³/mol. The molecule has 0 saturated carbocycles. The molecule has 35 heavy (non-hydrogen) atoms. The Hall–Kier alpha value is -3.32. The van der Waals surface area contributed by atoms with Gasteiger partial charge in [-0.05, 0) is 53.8 Å². The minimum atomic E-state index is -4.41. The van der Waals surface area contributed by atoms with Crippen LogP contribution in [0.4, 0.5) is 18.9 Å². The first kappa shape index (κ1) is 24.8. The summed E-state index contributed by atoms with van der Waals surface area (Å²) in [6.45, 7) is 6.19. The summed E-state index contributed by atoms with van der Waals surface area (Å²) in [5.41, 5.74) is 3.87.